The van der Waals surface area contributed by atoms with Crippen molar-refractivity contribution in [3.63, 3.8) is 0 Å². The minimum absolute atomic E-state index is 0.0131. The molecule has 0 bridgehead atoms. The van der Waals surface area contributed by atoms with Crippen LogP contribution in [0.4, 0.5) is 5.69 Å². The fraction of sp³-hybridized carbons (Fsp3) is 0.400. The highest BCUT2D eigenvalue weighted by molar-refractivity contribution is 8.02. The minimum Gasteiger partial charge on any atom is -0.388 e. The predicted molar refractivity (Wildman–Crippen MR) is 75.0 cm³/mol. The van der Waals surface area contributed by atoms with Gasteiger partial charge in [-0.2, -0.15) is 4.37 Å². The van der Waals surface area contributed by atoms with Gasteiger partial charge in [-0.15, -0.1) is 11.3 Å². The van der Waals surface area contributed by atoms with Crippen LogP contribution in [-0.2, 0) is 6.42 Å². The van der Waals surface area contributed by atoms with Crippen LogP contribution in [-0.4, -0.2) is 19.4 Å². The Morgan fingerprint density at radius 2 is 2.37 bits per heavy atom. The molecule has 0 aliphatic heterocycles. The standard InChI is InChI=1S/C10H11N3O3S3/c1-3-8-11-10(19-12-8)18-9-6(13(15)16)4-7(17-9)5(2)14/h4-5,14H,3H2,1-2H3. The third-order valence-corrected chi connectivity index (χ3v) is 5.53. The zero-order valence-electron chi connectivity index (χ0n) is 10.2. The van der Waals surface area contributed by atoms with Gasteiger partial charge in [0.15, 0.2) is 4.34 Å². The fourth-order valence-electron chi connectivity index (χ4n) is 1.29. The molecule has 2 aromatic rings. The molecule has 9 heteroatoms. The molecule has 0 radical (unpaired) electrons. The van der Waals surface area contributed by atoms with E-state index in [4.69, 9.17) is 0 Å². The van der Waals surface area contributed by atoms with Crippen LogP contribution >= 0.6 is 34.6 Å². The average molecular weight is 317 g/mol. The van der Waals surface area contributed by atoms with Crippen molar-refractivity contribution in [2.45, 2.75) is 34.9 Å². The molecular weight excluding hydrogens is 306 g/mol. The first-order chi connectivity index (χ1) is 9.01. The molecule has 2 rings (SSSR count). The second kappa shape index (κ2) is 5.95. The van der Waals surface area contributed by atoms with E-state index in [2.05, 4.69) is 9.36 Å². The molecule has 0 amide bonds. The number of hydrogen-bond acceptors (Lipinski definition) is 8. The van der Waals surface area contributed by atoms with E-state index in [1.165, 1.54) is 40.7 Å². The summed E-state index contributed by atoms with van der Waals surface area (Å²) in [5, 5.41) is 20.5. The third-order valence-electron chi connectivity index (χ3n) is 2.25. The van der Waals surface area contributed by atoms with Crippen molar-refractivity contribution >= 4 is 40.3 Å². The smallest absolute Gasteiger partial charge is 0.294 e. The van der Waals surface area contributed by atoms with E-state index in [1.807, 2.05) is 6.92 Å². The first-order valence-electron chi connectivity index (χ1n) is 5.48. The number of hydrogen-bond donors (Lipinski definition) is 1. The van der Waals surface area contributed by atoms with Crippen LogP contribution in [0.25, 0.3) is 0 Å². The molecule has 2 heterocycles. The van der Waals surface area contributed by atoms with Crippen LogP contribution < -0.4 is 0 Å². The Kier molecular flexibility index (Phi) is 4.50. The van der Waals surface area contributed by atoms with E-state index in [0.29, 0.717) is 13.4 Å². The van der Waals surface area contributed by atoms with Crippen LogP contribution in [0.3, 0.4) is 0 Å². The van der Waals surface area contributed by atoms with Gasteiger partial charge in [-0.05, 0) is 30.2 Å². The highest BCUT2D eigenvalue weighted by Gasteiger charge is 2.23. The van der Waals surface area contributed by atoms with Gasteiger partial charge in [-0.25, -0.2) is 4.98 Å². The van der Waals surface area contributed by atoms with Crippen molar-refractivity contribution in [2.24, 2.45) is 0 Å². The van der Waals surface area contributed by atoms with E-state index in [1.54, 1.807) is 6.92 Å². The molecule has 0 fully saturated rings. The summed E-state index contributed by atoms with van der Waals surface area (Å²) < 4.78 is 5.35. The summed E-state index contributed by atoms with van der Waals surface area (Å²) in [5.74, 6) is 0.738. The highest BCUT2D eigenvalue weighted by atomic mass is 32.2. The number of aliphatic hydroxyl groups is 1. The number of aromatic nitrogens is 2. The van der Waals surface area contributed by atoms with Crippen LogP contribution in [0.1, 0.15) is 30.7 Å². The first-order valence-corrected chi connectivity index (χ1v) is 7.88. The van der Waals surface area contributed by atoms with Gasteiger partial charge in [0.25, 0.3) is 5.69 Å². The molecule has 0 aliphatic rings. The fourth-order valence-corrected chi connectivity index (χ4v) is 4.49. The van der Waals surface area contributed by atoms with Gasteiger partial charge in [-0.3, -0.25) is 10.1 Å². The quantitative estimate of drug-likeness (QED) is 0.672. The van der Waals surface area contributed by atoms with Crippen LogP contribution in [0.5, 0.6) is 0 Å². The summed E-state index contributed by atoms with van der Waals surface area (Å²) in [4.78, 5) is 15.4. The summed E-state index contributed by atoms with van der Waals surface area (Å²) in [6.07, 6.45) is 0.0290. The van der Waals surface area contributed by atoms with Gasteiger partial charge >= 0.3 is 0 Å². The molecule has 19 heavy (non-hydrogen) atoms. The Morgan fingerprint density at radius 1 is 1.63 bits per heavy atom. The van der Waals surface area contributed by atoms with E-state index in [0.717, 1.165) is 12.2 Å². The predicted octanol–water partition coefficient (Wildman–Crippen LogP) is 3.27. The molecule has 2 aromatic heterocycles. The van der Waals surface area contributed by atoms with Crippen molar-refractivity contribution < 1.29 is 10.0 Å². The number of rotatable bonds is 5. The zero-order chi connectivity index (χ0) is 14.0. The van der Waals surface area contributed by atoms with Crippen molar-refractivity contribution in [3.05, 3.63) is 26.9 Å². The lowest BCUT2D eigenvalue weighted by Gasteiger charge is -1.95. The second-order valence-electron chi connectivity index (χ2n) is 3.69. The Morgan fingerprint density at radius 3 is 2.89 bits per heavy atom. The summed E-state index contributed by atoms with van der Waals surface area (Å²) >= 11 is 3.68. The van der Waals surface area contributed by atoms with Gasteiger partial charge in [0.05, 0.1) is 11.0 Å². The summed E-state index contributed by atoms with van der Waals surface area (Å²) in [6.45, 7) is 3.54. The Bertz CT molecular complexity index is 594. The topological polar surface area (TPSA) is 89.2 Å². The molecule has 0 saturated carbocycles. The summed E-state index contributed by atoms with van der Waals surface area (Å²) in [6, 6.07) is 1.42. The second-order valence-corrected chi connectivity index (χ2v) is 7.04. The number of aliphatic hydroxyl groups excluding tert-OH is 1. The molecule has 1 unspecified atom stereocenters. The van der Waals surface area contributed by atoms with Gasteiger partial charge in [0.1, 0.15) is 10.0 Å². The molecule has 0 saturated heterocycles. The zero-order valence-corrected chi connectivity index (χ0v) is 12.6. The van der Waals surface area contributed by atoms with Crippen LogP contribution in [0.15, 0.2) is 14.6 Å². The average Bonchev–Trinajstić information content (AvgIpc) is 2.96. The molecular formula is C10H11N3O3S3. The van der Waals surface area contributed by atoms with Crippen molar-refractivity contribution in [1.82, 2.24) is 9.36 Å². The lowest BCUT2D eigenvalue weighted by atomic mass is 10.3. The number of nitrogens with zero attached hydrogens (tertiary/aromatic N) is 3. The number of aryl methyl sites for hydroxylation is 1. The molecule has 1 N–H and O–H groups in total. The van der Waals surface area contributed by atoms with E-state index in [-0.39, 0.29) is 5.69 Å². The van der Waals surface area contributed by atoms with Crippen molar-refractivity contribution in [2.75, 3.05) is 0 Å². The molecule has 0 aliphatic carbocycles. The van der Waals surface area contributed by atoms with Gasteiger partial charge in [0.2, 0.25) is 0 Å². The molecule has 0 aromatic carbocycles. The SMILES string of the molecule is CCc1nsc(Sc2sc(C(C)O)cc2[N+](=O)[O-])n1. The Hall–Kier alpha value is -1.03. The monoisotopic (exact) mass is 317 g/mol. The summed E-state index contributed by atoms with van der Waals surface area (Å²) in [5.41, 5.74) is 0.0131. The van der Waals surface area contributed by atoms with E-state index >= 15 is 0 Å². The van der Waals surface area contributed by atoms with Crippen molar-refractivity contribution in [1.29, 1.82) is 0 Å². The minimum atomic E-state index is -0.710. The van der Waals surface area contributed by atoms with Crippen LogP contribution in [0.2, 0.25) is 0 Å². The molecule has 1 atom stereocenters. The van der Waals surface area contributed by atoms with Crippen LogP contribution in [0, 0.1) is 10.1 Å². The molecule has 0 spiro atoms. The molecule has 6 nitrogen and oxygen atoms in total. The lowest BCUT2D eigenvalue weighted by molar-refractivity contribution is -0.387. The molecule has 102 valence electrons. The van der Waals surface area contributed by atoms with Crippen molar-refractivity contribution in [3.8, 4) is 0 Å². The normalized spacial score (nSPS) is 12.6. The maximum absolute atomic E-state index is 11.0. The maximum Gasteiger partial charge on any atom is 0.294 e. The maximum atomic E-state index is 11.0. The largest absolute Gasteiger partial charge is 0.388 e. The number of thiophene rings is 1. The highest BCUT2D eigenvalue weighted by Crippen LogP contribution is 2.43. The van der Waals surface area contributed by atoms with Gasteiger partial charge in [-0.1, -0.05) is 6.92 Å². The first kappa shape index (κ1) is 14.4. The van der Waals surface area contributed by atoms with Gasteiger partial charge < -0.3 is 5.11 Å². The summed E-state index contributed by atoms with van der Waals surface area (Å²) in [7, 11) is 0. The Labute approximate surface area is 121 Å². The number of nitro groups is 1. The van der Waals surface area contributed by atoms with E-state index in [9.17, 15) is 15.2 Å². The third kappa shape index (κ3) is 3.30. The Balaban J connectivity index is 2.30. The van der Waals surface area contributed by atoms with Gasteiger partial charge in [0, 0.05) is 17.4 Å². The van der Waals surface area contributed by atoms with E-state index < -0.39 is 11.0 Å². The lowest BCUT2D eigenvalue weighted by Crippen LogP contribution is -1.87.